The summed E-state index contributed by atoms with van der Waals surface area (Å²) in [7, 11) is 0. The minimum Gasteiger partial charge on any atom is -0.329 e. The third-order valence-corrected chi connectivity index (χ3v) is 4.04. The molecule has 114 valence electrons. The van der Waals surface area contributed by atoms with Gasteiger partial charge in [0.1, 0.15) is 0 Å². The quantitative estimate of drug-likeness (QED) is 0.622. The Bertz CT molecular complexity index is 615. The number of nitrogens with zero attached hydrogens (tertiary/aromatic N) is 1. The van der Waals surface area contributed by atoms with Gasteiger partial charge in [-0.25, -0.2) is 4.79 Å². The van der Waals surface area contributed by atoms with Crippen molar-refractivity contribution in [1.82, 2.24) is 5.06 Å². The van der Waals surface area contributed by atoms with Crippen molar-refractivity contribution >= 4 is 17.8 Å². The lowest BCUT2D eigenvalue weighted by molar-refractivity contribution is -0.174. The van der Waals surface area contributed by atoms with Gasteiger partial charge in [-0.1, -0.05) is 29.3 Å². The van der Waals surface area contributed by atoms with Crippen LogP contribution in [0.3, 0.4) is 0 Å². The Balaban J connectivity index is 1.71. The molecule has 0 saturated heterocycles. The molecule has 0 aromatic heterocycles. The van der Waals surface area contributed by atoms with Gasteiger partial charge < -0.3 is 4.84 Å². The molecule has 1 aliphatic carbocycles. The van der Waals surface area contributed by atoms with E-state index in [0.29, 0.717) is 17.9 Å². The van der Waals surface area contributed by atoms with Gasteiger partial charge in [0.2, 0.25) is 0 Å². The van der Waals surface area contributed by atoms with Crippen molar-refractivity contribution in [2.45, 2.75) is 32.1 Å². The fourth-order valence-corrected chi connectivity index (χ4v) is 2.81. The molecular weight excluding hydrogens is 282 g/mol. The topological polar surface area (TPSA) is 63.7 Å². The molecule has 0 bridgehead atoms. The number of carbonyl (C=O) groups excluding carboxylic acids is 3. The van der Waals surface area contributed by atoms with Crippen molar-refractivity contribution in [3.63, 3.8) is 0 Å². The van der Waals surface area contributed by atoms with E-state index in [4.69, 9.17) is 4.84 Å². The number of hydrogen-bond acceptors (Lipinski definition) is 4. The van der Waals surface area contributed by atoms with Crippen LogP contribution >= 0.6 is 0 Å². The minimum atomic E-state index is -0.570. The maximum absolute atomic E-state index is 12.3. The van der Waals surface area contributed by atoms with Crippen molar-refractivity contribution < 1.29 is 19.2 Å². The van der Waals surface area contributed by atoms with Crippen LogP contribution in [0.4, 0.5) is 0 Å². The first-order valence-corrected chi connectivity index (χ1v) is 7.53. The molecule has 0 radical (unpaired) electrons. The van der Waals surface area contributed by atoms with Gasteiger partial charge in [-0.05, 0) is 44.2 Å². The van der Waals surface area contributed by atoms with Crippen LogP contribution < -0.4 is 0 Å². The summed E-state index contributed by atoms with van der Waals surface area (Å²) in [5.41, 5.74) is 0.557. The van der Waals surface area contributed by atoms with Crippen LogP contribution in [-0.4, -0.2) is 22.8 Å². The Hall–Kier alpha value is -2.43. The van der Waals surface area contributed by atoms with E-state index < -0.39 is 17.8 Å². The number of benzene rings is 1. The summed E-state index contributed by atoms with van der Waals surface area (Å²) in [4.78, 5) is 41.7. The van der Waals surface area contributed by atoms with E-state index in [9.17, 15) is 14.4 Å². The van der Waals surface area contributed by atoms with Crippen molar-refractivity contribution in [2.75, 3.05) is 0 Å². The fraction of sp³-hybridized carbons (Fsp3) is 0.353. The predicted octanol–water partition coefficient (Wildman–Crippen LogP) is 2.88. The number of imide groups is 1. The number of rotatable bonds is 2. The normalized spacial score (nSPS) is 22.7. The van der Waals surface area contributed by atoms with Gasteiger partial charge in [-0.2, -0.15) is 0 Å². The number of allylic oxidation sites excluding steroid dienone is 2. The molecule has 0 spiro atoms. The third kappa shape index (κ3) is 2.66. The zero-order chi connectivity index (χ0) is 15.5. The highest BCUT2D eigenvalue weighted by Crippen LogP contribution is 2.25. The molecule has 5 heteroatoms. The van der Waals surface area contributed by atoms with Crippen LogP contribution in [0.15, 0.2) is 36.4 Å². The van der Waals surface area contributed by atoms with Crippen molar-refractivity contribution in [1.29, 1.82) is 0 Å². The highest BCUT2D eigenvalue weighted by molar-refractivity contribution is 6.20. The summed E-state index contributed by atoms with van der Waals surface area (Å²) in [6.45, 7) is 0. The van der Waals surface area contributed by atoms with E-state index in [1.807, 2.05) is 0 Å². The largest absolute Gasteiger partial charge is 0.336 e. The summed E-state index contributed by atoms with van der Waals surface area (Å²) >= 11 is 0. The third-order valence-electron chi connectivity index (χ3n) is 4.04. The number of hydroxylamine groups is 2. The molecule has 3 rings (SSSR count). The van der Waals surface area contributed by atoms with Crippen molar-refractivity contribution in [3.05, 3.63) is 47.5 Å². The molecule has 0 N–H and O–H groups in total. The monoisotopic (exact) mass is 299 g/mol. The summed E-state index contributed by atoms with van der Waals surface area (Å²) in [6.07, 6.45) is 8.22. The molecule has 22 heavy (non-hydrogen) atoms. The van der Waals surface area contributed by atoms with Crippen LogP contribution in [0.1, 0.15) is 52.8 Å². The average Bonchev–Trinajstić information content (AvgIpc) is 2.72. The highest BCUT2D eigenvalue weighted by atomic mass is 16.7. The van der Waals surface area contributed by atoms with Gasteiger partial charge in [0.15, 0.2) is 0 Å². The summed E-state index contributed by atoms with van der Waals surface area (Å²) < 4.78 is 0. The molecule has 1 aromatic rings. The van der Waals surface area contributed by atoms with Crippen LogP contribution in [0.5, 0.6) is 0 Å². The first-order chi connectivity index (χ1) is 10.7. The van der Waals surface area contributed by atoms with E-state index in [0.717, 1.165) is 19.3 Å². The molecule has 5 nitrogen and oxygen atoms in total. The van der Waals surface area contributed by atoms with Gasteiger partial charge in [-0.3, -0.25) is 9.59 Å². The molecule has 0 fully saturated rings. The second-order valence-corrected chi connectivity index (χ2v) is 5.54. The molecule has 1 unspecified atom stereocenters. The molecule has 1 aliphatic heterocycles. The summed E-state index contributed by atoms with van der Waals surface area (Å²) in [5, 5.41) is 0.599. The molecule has 1 heterocycles. The Morgan fingerprint density at radius 3 is 2.32 bits per heavy atom. The number of carbonyl (C=O) groups is 3. The smallest absolute Gasteiger partial charge is 0.329 e. The lowest BCUT2D eigenvalue weighted by Crippen LogP contribution is -2.35. The number of hydrogen-bond donors (Lipinski definition) is 0. The Morgan fingerprint density at radius 1 is 1.00 bits per heavy atom. The van der Waals surface area contributed by atoms with Crippen LogP contribution in [0, 0.1) is 5.92 Å². The van der Waals surface area contributed by atoms with Crippen molar-refractivity contribution in [2.24, 2.45) is 5.92 Å². The number of amides is 2. The van der Waals surface area contributed by atoms with E-state index >= 15 is 0 Å². The van der Waals surface area contributed by atoms with Crippen LogP contribution in [0.2, 0.25) is 0 Å². The maximum atomic E-state index is 12.3. The first kappa shape index (κ1) is 14.5. The SMILES string of the molecule is O=C(ON1C(=O)c2ccccc2C1=O)C1CC/C=C\CCC1. The minimum absolute atomic E-state index is 0.269. The average molecular weight is 299 g/mol. The zero-order valence-electron chi connectivity index (χ0n) is 12.2. The van der Waals surface area contributed by atoms with Gasteiger partial charge in [0.25, 0.3) is 11.8 Å². The summed E-state index contributed by atoms with van der Waals surface area (Å²) in [5.74, 6) is -1.90. The standard InChI is InChI=1S/C17H17NO4/c19-15-13-10-6-7-11-14(13)16(20)18(15)22-17(21)12-8-4-2-1-3-5-9-12/h1-2,6-7,10-12H,3-5,8-9H2/b2-1-. The molecule has 2 aliphatic rings. The second kappa shape index (κ2) is 6.13. The molecule has 2 amide bonds. The Morgan fingerprint density at radius 2 is 1.64 bits per heavy atom. The first-order valence-electron chi connectivity index (χ1n) is 7.53. The van der Waals surface area contributed by atoms with E-state index in [2.05, 4.69) is 12.2 Å². The second-order valence-electron chi connectivity index (χ2n) is 5.54. The fourth-order valence-electron chi connectivity index (χ4n) is 2.81. The summed E-state index contributed by atoms with van der Waals surface area (Å²) in [6, 6.07) is 6.47. The van der Waals surface area contributed by atoms with Gasteiger partial charge >= 0.3 is 5.97 Å². The zero-order valence-corrected chi connectivity index (χ0v) is 12.2. The van der Waals surface area contributed by atoms with Crippen LogP contribution in [-0.2, 0) is 9.63 Å². The maximum Gasteiger partial charge on any atom is 0.336 e. The Labute approximate surface area is 128 Å². The van der Waals surface area contributed by atoms with E-state index in [1.54, 1.807) is 24.3 Å². The van der Waals surface area contributed by atoms with Gasteiger partial charge in [0.05, 0.1) is 17.0 Å². The van der Waals surface area contributed by atoms with Gasteiger partial charge in [-0.15, -0.1) is 0 Å². The predicted molar refractivity (Wildman–Crippen MR) is 78.7 cm³/mol. The molecule has 1 aromatic carbocycles. The van der Waals surface area contributed by atoms with Crippen molar-refractivity contribution in [3.8, 4) is 0 Å². The van der Waals surface area contributed by atoms with E-state index in [1.165, 1.54) is 0 Å². The van der Waals surface area contributed by atoms with E-state index in [-0.39, 0.29) is 17.0 Å². The molecular formula is C17H17NO4. The lowest BCUT2D eigenvalue weighted by Gasteiger charge is -2.19. The van der Waals surface area contributed by atoms with Gasteiger partial charge in [0, 0.05) is 0 Å². The highest BCUT2D eigenvalue weighted by Gasteiger charge is 2.39. The Kier molecular flexibility index (Phi) is 4.04. The van der Waals surface area contributed by atoms with Crippen LogP contribution in [0.25, 0.3) is 0 Å². The lowest BCUT2D eigenvalue weighted by atomic mass is 9.94. The molecule has 1 atom stereocenters. The number of fused-ring (bicyclic) bond motifs is 1. The molecule has 0 saturated carbocycles.